The predicted molar refractivity (Wildman–Crippen MR) is 73.5 cm³/mol. The number of anilines is 1. The summed E-state index contributed by atoms with van der Waals surface area (Å²) in [6, 6.07) is 0. The molecule has 0 aromatic carbocycles. The third kappa shape index (κ3) is 1.89. The van der Waals surface area contributed by atoms with Gasteiger partial charge in [0.05, 0.1) is 18.3 Å². The van der Waals surface area contributed by atoms with Gasteiger partial charge in [-0.2, -0.15) is 20.2 Å². The molecule has 1 unspecified atom stereocenters. The van der Waals surface area contributed by atoms with Crippen LogP contribution in [0.15, 0.2) is 16.1 Å². The van der Waals surface area contributed by atoms with Gasteiger partial charge in [-0.3, -0.25) is 19.7 Å². The number of aromatic amines is 2. The Labute approximate surface area is 113 Å². The number of aromatic nitrogens is 4. The van der Waals surface area contributed by atoms with Gasteiger partial charge in [0.1, 0.15) is 5.39 Å². The van der Waals surface area contributed by atoms with Crippen molar-refractivity contribution in [2.45, 2.75) is 26.7 Å². The van der Waals surface area contributed by atoms with Crippen molar-refractivity contribution in [2.24, 2.45) is 11.0 Å². The second-order valence-electron chi connectivity index (χ2n) is 4.80. The number of H-pyrrole nitrogens is 2. The van der Waals surface area contributed by atoms with Gasteiger partial charge in [-0.05, 0) is 12.3 Å². The van der Waals surface area contributed by atoms with Crippen LogP contribution in [0.5, 0.6) is 0 Å². The number of carbonyl (C=O) groups excluding carboxylic acids is 1. The van der Waals surface area contributed by atoms with Crippen LogP contribution < -0.4 is 10.6 Å². The van der Waals surface area contributed by atoms with Crippen LogP contribution in [0.25, 0.3) is 11.0 Å². The fourth-order valence-corrected chi connectivity index (χ4v) is 2.06. The lowest BCUT2D eigenvalue weighted by Gasteiger charge is -2.09. The van der Waals surface area contributed by atoms with Crippen molar-refractivity contribution < 1.29 is 4.79 Å². The lowest BCUT2D eigenvalue weighted by molar-refractivity contribution is -0.117. The third-order valence-electron chi connectivity index (χ3n) is 3.49. The van der Waals surface area contributed by atoms with Crippen molar-refractivity contribution in [3.8, 4) is 0 Å². The SMILES string of the molecule is CCC(C)C1=NN(c2nc3[nH]ncc3c(=O)[nH]2)C(=O)C1. The summed E-state index contributed by atoms with van der Waals surface area (Å²) in [6.07, 6.45) is 2.56. The van der Waals surface area contributed by atoms with Crippen molar-refractivity contribution in [3.05, 3.63) is 16.6 Å². The summed E-state index contributed by atoms with van der Waals surface area (Å²) in [5, 5.41) is 12.2. The van der Waals surface area contributed by atoms with Gasteiger partial charge in [-0.25, -0.2) is 0 Å². The van der Waals surface area contributed by atoms with Gasteiger partial charge in [-0.1, -0.05) is 13.8 Å². The van der Waals surface area contributed by atoms with Crippen LogP contribution >= 0.6 is 0 Å². The predicted octanol–water partition coefficient (Wildman–Crippen LogP) is 0.785. The molecule has 0 aliphatic carbocycles. The first-order valence-corrected chi connectivity index (χ1v) is 6.44. The minimum atomic E-state index is -0.348. The van der Waals surface area contributed by atoms with E-state index in [-0.39, 0.29) is 29.8 Å². The van der Waals surface area contributed by atoms with Gasteiger partial charge in [-0.15, -0.1) is 0 Å². The second kappa shape index (κ2) is 4.55. The Balaban J connectivity index is 2.04. The highest BCUT2D eigenvalue weighted by molar-refractivity contribution is 6.13. The first-order valence-electron chi connectivity index (χ1n) is 6.44. The van der Waals surface area contributed by atoms with Crippen LogP contribution in [-0.4, -0.2) is 31.8 Å². The van der Waals surface area contributed by atoms with Gasteiger partial charge in [0.2, 0.25) is 5.95 Å². The molecule has 8 nitrogen and oxygen atoms in total. The number of rotatable bonds is 3. The third-order valence-corrected chi connectivity index (χ3v) is 3.49. The Kier molecular flexibility index (Phi) is 2.85. The molecule has 3 rings (SSSR count). The van der Waals surface area contributed by atoms with Gasteiger partial charge >= 0.3 is 0 Å². The number of hydrogen-bond acceptors (Lipinski definition) is 5. The van der Waals surface area contributed by atoms with Gasteiger partial charge < -0.3 is 0 Å². The van der Waals surface area contributed by atoms with Crippen molar-refractivity contribution >= 4 is 28.6 Å². The van der Waals surface area contributed by atoms with Crippen molar-refractivity contribution in [1.29, 1.82) is 0 Å². The molecule has 0 saturated carbocycles. The van der Waals surface area contributed by atoms with Gasteiger partial charge in [0.15, 0.2) is 5.65 Å². The van der Waals surface area contributed by atoms with E-state index in [1.165, 1.54) is 6.20 Å². The number of carbonyl (C=O) groups is 1. The largest absolute Gasteiger partial charge is 0.290 e. The van der Waals surface area contributed by atoms with E-state index in [9.17, 15) is 9.59 Å². The van der Waals surface area contributed by atoms with E-state index in [4.69, 9.17) is 0 Å². The molecule has 104 valence electrons. The summed E-state index contributed by atoms with van der Waals surface area (Å²) in [4.78, 5) is 30.6. The molecule has 0 saturated heterocycles. The van der Waals surface area contributed by atoms with E-state index in [0.717, 1.165) is 17.1 Å². The maximum absolute atomic E-state index is 12.0. The maximum Gasteiger partial charge on any atom is 0.263 e. The molecule has 20 heavy (non-hydrogen) atoms. The number of fused-ring (bicyclic) bond motifs is 1. The molecule has 1 atom stereocenters. The monoisotopic (exact) mass is 274 g/mol. The van der Waals surface area contributed by atoms with Crippen LogP contribution in [0.4, 0.5) is 5.95 Å². The smallest absolute Gasteiger partial charge is 0.263 e. The highest BCUT2D eigenvalue weighted by Crippen LogP contribution is 2.20. The van der Waals surface area contributed by atoms with Crippen LogP contribution in [-0.2, 0) is 4.79 Å². The van der Waals surface area contributed by atoms with E-state index in [1.807, 2.05) is 13.8 Å². The molecule has 1 aliphatic rings. The molecule has 2 aromatic rings. The molecule has 3 heterocycles. The fraction of sp³-hybridized carbons (Fsp3) is 0.417. The highest BCUT2D eigenvalue weighted by Gasteiger charge is 2.29. The Morgan fingerprint density at radius 3 is 3.00 bits per heavy atom. The molecule has 2 N–H and O–H groups in total. The molecule has 1 amide bonds. The summed E-state index contributed by atoms with van der Waals surface area (Å²) in [5.41, 5.74) is 0.798. The maximum atomic E-state index is 12.0. The van der Waals surface area contributed by atoms with Crippen LogP contribution in [0, 0.1) is 5.92 Å². The topological polar surface area (TPSA) is 107 Å². The Hall–Kier alpha value is -2.51. The van der Waals surface area contributed by atoms with Crippen LogP contribution in [0.2, 0.25) is 0 Å². The summed E-state index contributed by atoms with van der Waals surface area (Å²) < 4.78 is 0. The zero-order valence-corrected chi connectivity index (χ0v) is 11.2. The first kappa shape index (κ1) is 12.5. The Morgan fingerprint density at radius 2 is 2.25 bits per heavy atom. The lowest BCUT2D eigenvalue weighted by atomic mass is 10.0. The number of nitrogens with zero attached hydrogens (tertiary/aromatic N) is 4. The number of hydrazone groups is 1. The molecule has 0 spiro atoms. The molecular formula is C12H14N6O2. The number of nitrogens with one attached hydrogen (secondary N) is 2. The fourth-order valence-electron chi connectivity index (χ4n) is 2.06. The lowest BCUT2D eigenvalue weighted by Crippen LogP contribution is -2.24. The standard InChI is InChI=1S/C12H14N6O2/c1-3-6(2)8-4-9(19)18(17-8)12-14-10-7(5-13-16-10)11(20)15-12/h5-6H,3-4H2,1-2H3,(H2,13,14,15,16,20). The van der Waals surface area contributed by atoms with E-state index in [1.54, 1.807) is 0 Å². The van der Waals surface area contributed by atoms with E-state index >= 15 is 0 Å². The summed E-state index contributed by atoms with van der Waals surface area (Å²) >= 11 is 0. The molecule has 2 aromatic heterocycles. The first-order chi connectivity index (χ1) is 9.60. The summed E-state index contributed by atoms with van der Waals surface area (Å²) in [7, 11) is 0. The molecule has 8 heteroatoms. The Morgan fingerprint density at radius 1 is 1.45 bits per heavy atom. The minimum absolute atomic E-state index is 0.120. The van der Waals surface area contributed by atoms with E-state index in [2.05, 4.69) is 25.3 Å². The number of hydrogen-bond donors (Lipinski definition) is 2. The van der Waals surface area contributed by atoms with Crippen LogP contribution in [0.3, 0.4) is 0 Å². The zero-order chi connectivity index (χ0) is 14.3. The van der Waals surface area contributed by atoms with Crippen LogP contribution in [0.1, 0.15) is 26.7 Å². The highest BCUT2D eigenvalue weighted by atomic mass is 16.2. The quantitative estimate of drug-likeness (QED) is 0.862. The Bertz CT molecular complexity index is 759. The number of amides is 1. The van der Waals surface area contributed by atoms with Gasteiger partial charge in [0.25, 0.3) is 11.5 Å². The van der Waals surface area contributed by atoms with Crippen molar-refractivity contribution in [1.82, 2.24) is 20.2 Å². The van der Waals surface area contributed by atoms with Crippen molar-refractivity contribution in [2.75, 3.05) is 5.01 Å². The van der Waals surface area contributed by atoms with Crippen molar-refractivity contribution in [3.63, 3.8) is 0 Å². The summed E-state index contributed by atoms with van der Waals surface area (Å²) in [5.74, 6) is 0.156. The molecule has 0 fully saturated rings. The average Bonchev–Trinajstić information content (AvgIpc) is 3.04. The minimum Gasteiger partial charge on any atom is -0.290 e. The summed E-state index contributed by atoms with van der Waals surface area (Å²) in [6.45, 7) is 4.06. The second-order valence-corrected chi connectivity index (χ2v) is 4.80. The molecule has 0 bridgehead atoms. The zero-order valence-electron chi connectivity index (χ0n) is 11.2. The van der Waals surface area contributed by atoms with E-state index < -0.39 is 0 Å². The van der Waals surface area contributed by atoms with E-state index in [0.29, 0.717) is 11.0 Å². The molecule has 1 aliphatic heterocycles. The normalized spacial score (nSPS) is 16.8. The molecular weight excluding hydrogens is 260 g/mol. The average molecular weight is 274 g/mol. The molecule has 0 radical (unpaired) electrons. The van der Waals surface area contributed by atoms with Gasteiger partial charge in [0, 0.05) is 0 Å².